The predicted molar refractivity (Wildman–Crippen MR) is 64.6 cm³/mol. The average molecular weight is 287 g/mol. The van der Waals surface area contributed by atoms with Crippen molar-refractivity contribution in [1.29, 1.82) is 0 Å². The number of hydrogen-bond acceptors (Lipinski definition) is 3. The summed E-state index contributed by atoms with van der Waals surface area (Å²) >= 11 is 0. The van der Waals surface area contributed by atoms with E-state index in [0.717, 1.165) is 6.07 Å². The third kappa shape index (κ3) is 3.49. The van der Waals surface area contributed by atoms with Gasteiger partial charge in [-0.05, 0) is 11.6 Å². The van der Waals surface area contributed by atoms with Crippen molar-refractivity contribution in [3.63, 3.8) is 0 Å². The Morgan fingerprint density at radius 1 is 1.40 bits per heavy atom. The monoisotopic (exact) mass is 287 g/mol. The first-order chi connectivity index (χ1) is 9.36. The second-order valence-corrected chi connectivity index (χ2v) is 4.42. The van der Waals surface area contributed by atoms with Crippen molar-refractivity contribution < 1.29 is 27.8 Å². The summed E-state index contributed by atoms with van der Waals surface area (Å²) in [4.78, 5) is 14.5. The molecule has 0 aromatic heterocycles. The van der Waals surface area contributed by atoms with Crippen molar-refractivity contribution in [2.75, 3.05) is 6.61 Å². The van der Waals surface area contributed by atoms with Gasteiger partial charge in [-0.15, -0.1) is 0 Å². The topological polar surface area (TPSA) is 58.9 Å². The van der Waals surface area contributed by atoms with Crippen LogP contribution >= 0.6 is 0 Å². The lowest BCUT2D eigenvalue weighted by atomic mass is 10.0. The van der Waals surface area contributed by atoms with E-state index in [1.165, 1.54) is 18.2 Å². The van der Waals surface area contributed by atoms with Gasteiger partial charge >= 0.3 is 12.1 Å². The van der Waals surface area contributed by atoms with Crippen molar-refractivity contribution in [2.45, 2.75) is 25.1 Å². The average Bonchev–Trinajstić information content (AvgIpc) is 2.75. The van der Waals surface area contributed by atoms with Crippen LogP contribution in [-0.2, 0) is 22.1 Å². The number of aliphatic carboxylic acids is 1. The Balaban J connectivity index is 2.14. The molecule has 2 rings (SSSR count). The number of carbonyl (C=O) groups is 1. The van der Waals surface area contributed by atoms with E-state index in [4.69, 9.17) is 9.84 Å². The normalized spacial score (nSPS) is 18.6. The predicted octanol–water partition coefficient (Wildman–Crippen LogP) is 2.52. The van der Waals surface area contributed by atoms with Gasteiger partial charge in [0, 0.05) is 6.42 Å². The summed E-state index contributed by atoms with van der Waals surface area (Å²) in [6.07, 6.45) is -4.72. The van der Waals surface area contributed by atoms with Crippen molar-refractivity contribution in [1.82, 2.24) is 0 Å². The van der Waals surface area contributed by atoms with E-state index in [0.29, 0.717) is 0 Å². The van der Waals surface area contributed by atoms with Crippen LogP contribution in [0, 0.1) is 0 Å². The molecule has 1 heterocycles. The van der Waals surface area contributed by atoms with Gasteiger partial charge in [-0.1, -0.05) is 18.2 Å². The Morgan fingerprint density at radius 3 is 2.75 bits per heavy atom. The van der Waals surface area contributed by atoms with Gasteiger partial charge in [0.2, 0.25) is 0 Å². The molecule has 0 aliphatic carbocycles. The molecule has 1 aromatic rings. The summed E-state index contributed by atoms with van der Waals surface area (Å²) in [5, 5.41) is 8.63. The highest BCUT2D eigenvalue weighted by Gasteiger charge is 2.33. The lowest BCUT2D eigenvalue weighted by Gasteiger charge is -2.12. The fourth-order valence-corrected chi connectivity index (χ4v) is 1.99. The molecule has 0 amide bonds. The van der Waals surface area contributed by atoms with Crippen LogP contribution in [0.15, 0.2) is 29.3 Å². The van der Waals surface area contributed by atoms with Gasteiger partial charge in [0.25, 0.3) is 0 Å². The molecule has 0 saturated carbocycles. The molecule has 1 unspecified atom stereocenters. The zero-order chi connectivity index (χ0) is 14.8. The summed E-state index contributed by atoms with van der Waals surface area (Å²) in [5.41, 5.74) is -0.664. The van der Waals surface area contributed by atoms with E-state index < -0.39 is 23.8 Å². The standard InChI is InChI=1S/C13H12F3NO3/c14-13(15,16)10-4-2-1-3-8(10)5-11-17-9(7-20-11)6-12(18)19/h1-4,9H,5-7H2,(H,18,19). The van der Waals surface area contributed by atoms with Crippen LogP contribution in [0.3, 0.4) is 0 Å². The molecule has 0 bridgehead atoms. The fourth-order valence-electron chi connectivity index (χ4n) is 1.99. The molecule has 1 N–H and O–H groups in total. The number of rotatable bonds is 4. The largest absolute Gasteiger partial charge is 0.481 e. The summed E-state index contributed by atoms with van der Waals surface area (Å²) in [6, 6.07) is 4.66. The number of benzene rings is 1. The molecular formula is C13H12F3NO3. The van der Waals surface area contributed by atoms with E-state index in [2.05, 4.69) is 4.99 Å². The van der Waals surface area contributed by atoms with Gasteiger partial charge < -0.3 is 9.84 Å². The number of ether oxygens (including phenoxy) is 1. The maximum absolute atomic E-state index is 12.8. The van der Waals surface area contributed by atoms with Crippen molar-refractivity contribution in [3.8, 4) is 0 Å². The number of aliphatic imine (C=N–C) groups is 1. The smallest absolute Gasteiger partial charge is 0.416 e. The minimum atomic E-state index is -4.43. The number of alkyl halides is 3. The Morgan fingerprint density at radius 2 is 2.10 bits per heavy atom. The molecule has 7 heteroatoms. The molecule has 4 nitrogen and oxygen atoms in total. The lowest BCUT2D eigenvalue weighted by Crippen LogP contribution is -2.13. The molecule has 20 heavy (non-hydrogen) atoms. The molecule has 0 fully saturated rings. The Kier molecular flexibility index (Phi) is 3.96. The number of hydrogen-bond donors (Lipinski definition) is 1. The molecule has 0 radical (unpaired) electrons. The van der Waals surface area contributed by atoms with Crippen LogP contribution in [0.4, 0.5) is 13.2 Å². The second kappa shape index (κ2) is 5.52. The van der Waals surface area contributed by atoms with Gasteiger partial charge in [0.1, 0.15) is 6.61 Å². The van der Waals surface area contributed by atoms with Gasteiger partial charge in [0.15, 0.2) is 5.90 Å². The quantitative estimate of drug-likeness (QED) is 0.925. The Hall–Kier alpha value is -2.05. The van der Waals surface area contributed by atoms with E-state index in [1.807, 2.05) is 0 Å². The summed E-state index contributed by atoms with van der Waals surface area (Å²) in [5.74, 6) is -0.868. The molecule has 1 aromatic carbocycles. The van der Waals surface area contributed by atoms with Crippen molar-refractivity contribution in [3.05, 3.63) is 35.4 Å². The molecule has 0 spiro atoms. The number of carboxylic acid groups (broad SMARTS) is 1. The molecular weight excluding hydrogens is 275 g/mol. The van der Waals surface area contributed by atoms with E-state index in [9.17, 15) is 18.0 Å². The maximum atomic E-state index is 12.8. The van der Waals surface area contributed by atoms with Crippen LogP contribution in [0.1, 0.15) is 17.5 Å². The lowest BCUT2D eigenvalue weighted by molar-refractivity contribution is -0.138. The zero-order valence-corrected chi connectivity index (χ0v) is 10.4. The highest BCUT2D eigenvalue weighted by molar-refractivity contribution is 5.81. The zero-order valence-electron chi connectivity index (χ0n) is 10.4. The SMILES string of the molecule is O=C(O)CC1COC(Cc2ccccc2C(F)(F)F)=N1. The highest BCUT2D eigenvalue weighted by Crippen LogP contribution is 2.32. The maximum Gasteiger partial charge on any atom is 0.416 e. The van der Waals surface area contributed by atoms with Gasteiger partial charge in [0.05, 0.1) is 18.0 Å². The first-order valence-corrected chi connectivity index (χ1v) is 5.92. The van der Waals surface area contributed by atoms with Crippen LogP contribution < -0.4 is 0 Å². The van der Waals surface area contributed by atoms with E-state index in [1.54, 1.807) is 0 Å². The molecule has 1 atom stereocenters. The first-order valence-electron chi connectivity index (χ1n) is 5.92. The van der Waals surface area contributed by atoms with Crippen molar-refractivity contribution in [2.24, 2.45) is 4.99 Å². The van der Waals surface area contributed by atoms with Gasteiger partial charge in [-0.3, -0.25) is 4.79 Å². The van der Waals surface area contributed by atoms with E-state index >= 15 is 0 Å². The number of halogens is 3. The Labute approximate surface area is 112 Å². The number of carboxylic acids is 1. The summed E-state index contributed by atoms with van der Waals surface area (Å²) in [7, 11) is 0. The highest BCUT2D eigenvalue weighted by atomic mass is 19.4. The summed E-state index contributed by atoms with van der Waals surface area (Å²) in [6.45, 7) is 0.0931. The van der Waals surface area contributed by atoms with E-state index in [-0.39, 0.29) is 30.9 Å². The summed E-state index contributed by atoms with van der Waals surface area (Å²) < 4.78 is 43.6. The Bertz CT molecular complexity index is 540. The van der Waals surface area contributed by atoms with Gasteiger partial charge in [-0.25, -0.2) is 4.99 Å². The van der Waals surface area contributed by atoms with Crippen LogP contribution in [0.2, 0.25) is 0 Å². The minimum Gasteiger partial charge on any atom is -0.481 e. The first kappa shape index (κ1) is 14.4. The minimum absolute atomic E-state index is 0.0646. The third-order valence-electron chi connectivity index (χ3n) is 2.84. The third-order valence-corrected chi connectivity index (χ3v) is 2.84. The second-order valence-electron chi connectivity index (χ2n) is 4.42. The van der Waals surface area contributed by atoms with Crippen LogP contribution in [0.5, 0.6) is 0 Å². The number of nitrogens with zero attached hydrogens (tertiary/aromatic N) is 1. The van der Waals surface area contributed by atoms with Crippen LogP contribution in [-0.4, -0.2) is 29.6 Å². The molecule has 0 saturated heterocycles. The molecule has 108 valence electrons. The molecule has 1 aliphatic heterocycles. The molecule has 1 aliphatic rings. The van der Waals surface area contributed by atoms with Crippen LogP contribution in [0.25, 0.3) is 0 Å². The fraction of sp³-hybridized carbons (Fsp3) is 0.385. The van der Waals surface area contributed by atoms with Gasteiger partial charge in [-0.2, -0.15) is 13.2 Å². The van der Waals surface area contributed by atoms with Crippen molar-refractivity contribution >= 4 is 11.9 Å².